The van der Waals surface area contributed by atoms with Crippen molar-refractivity contribution in [1.82, 2.24) is 9.80 Å². The summed E-state index contributed by atoms with van der Waals surface area (Å²) < 4.78 is 5.90. The van der Waals surface area contributed by atoms with Gasteiger partial charge < -0.3 is 14.5 Å². The third-order valence-electron chi connectivity index (χ3n) is 6.08. The number of anilines is 2. The van der Waals surface area contributed by atoms with Crippen LogP contribution in [0.15, 0.2) is 78.9 Å². The molecule has 2 amide bonds. The molecule has 0 saturated carbocycles. The van der Waals surface area contributed by atoms with Gasteiger partial charge in [-0.15, -0.1) is 0 Å². The van der Waals surface area contributed by atoms with Gasteiger partial charge in [0.1, 0.15) is 0 Å². The van der Waals surface area contributed by atoms with Gasteiger partial charge in [-0.2, -0.15) is 0 Å². The lowest BCUT2D eigenvalue weighted by Gasteiger charge is -2.38. The molecule has 1 saturated heterocycles. The molecule has 0 radical (unpaired) electrons. The lowest BCUT2D eigenvalue weighted by molar-refractivity contribution is -0.129. The van der Waals surface area contributed by atoms with E-state index in [9.17, 15) is 14.4 Å². The molecule has 178 valence electrons. The van der Waals surface area contributed by atoms with E-state index >= 15 is 0 Å². The molecule has 1 fully saturated rings. The average molecular weight is 488 g/mol. The first-order valence-corrected chi connectivity index (χ1v) is 12.2. The Morgan fingerprint density at radius 1 is 0.943 bits per heavy atom. The minimum Gasteiger partial charge on any atom is -0.348 e. The van der Waals surface area contributed by atoms with Crippen molar-refractivity contribution < 1.29 is 19.1 Å². The van der Waals surface area contributed by atoms with Crippen LogP contribution >= 0.6 is 11.8 Å². The van der Waals surface area contributed by atoms with Crippen molar-refractivity contribution in [3.05, 3.63) is 95.6 Å². The second kappa shape index (κ2) is 9.93. The fourth-order valence-corrected chi connectivity index (χ4v) is 5.06. The van der Waals surface area contributed by atoms with E-state index in [1.165, 1.54) is 4.90 Å². The second-order valence-electron chi connectivity index (χ2n) is 8.52. The second-order valence-corrected chi connectivity index (χ2v) is 9.47. The quantitative estimate of drug-likeness (QED) is 0.478. The van der Waals surface area contributed by atoms with E-state index < -0.39 is 6.23 Å². The van der Waals surface area contributed by atoms with Crippen LogP contribution in [0.1, 0.15) is 21.5 Å². The van der Waals surface area contributed by atoms with Gasteiger partial charge in [-0.25, -0.2) is 0 Å². The maximum Gasteiger partial charge on any atom is 0.292 e. The number of ether oxygens (including phenoxy) is 1. The first-order chi connectivity index (χ1) is 17.0. The fraction of sp³-hybridized carbons (Fsp3) is 0.222. The van der Waals surface area contributed by atoms with E-state index in [2.05, 4.69) is 4.90 Å². The topological polar surface area (TPSA) is 70.2 Å². The summed E-state index contributed by atoms with van der Waals surface area (Å²) >= 11 is 0.667. The van der Waals surface area contributed by atoms with Crippen LogP contribution < -0.4 is 4.90 Å². The van der Waals surface area contributed by atoms with Crippen molar-refractivity contribution in [3.8, 4) is 0 Å². The molecule has 1 atom stereocenters. The Labute approximate surface area is 208 Å². The normalized spacial score (nSPS) is 17.8. The maximum atomic E-state index is 13.3. The number of hydrogen-bond donors (Lipinski definition) is 0. The van der Waals surface area contributed by atoms with Gasteiger partial charge in [0.15, 0.2) is 0 Å². The SMILES string of the molecule is Cc1ccc2c(c1)C(=O)N(CCOC1C(=O)SC(=O)N1Cc1ccccc1)CN2c1ccccc1. The molecule has 0 spiro atoms. The van der Waals surface area contributed by atoms with Gasteiger partial charge in [0.2, 0.25) is 11.3 Å². The average Bonchev–Trinajstić information content (AvgIpc) is 3.13. The monoisotopic (exact) mass is 487 g/mol. The van der Waals surface area contributed by atoms with Crippen LogP contribution in [0.3, 0.4) is 0 Å². The summed E-state index contributed by atoms with van der Waals surface area (Å²) in [5.41, 5.74) is 4.41. The first-order valence-electron chi connectivity index (χ1n) is 11.4. The third-order valence-corrected chi connectivity index (χ3v) is 6.89. The van der Waals surface area contributed by atoms with Crippen molar-refractivity contribution in [2.24, 2.45) is 0 Å². The standard InChI is InChI=1S/C27H25N3O4S/c1-19-12-13-23-22(16-19)24(31)28(18-30(23)21-10-6-3-7-11-21)14-15-34-25-26(32)35-27(33)29(25)17-20-8-4-2-5-9-20/h2-13,16,25H,14-15,17-18H2,1H3. The number of hydrogen-bond acceptors (Lipinski definition) is 6. The summed E-state index contributed by atoms with van der Waals surface area (Å²) in [6.45, 7) is 3.04. The Kier molecular flexibility index (Phi) is 6.57. The molecular formula is C27H25N3O4S. The number of aryl methyl sites for hydroxylation is 1. The molecule has 2 heterocycles. The predicted molar refractivity (Wildman–Crippen MR) is 135 cm³/mol. The zero-order valence-corrected chi connectivity index (χ0v) is 20.1. The van der Waals surface area contributed by atoms with Crippen molar-refractivity contribution in [3.63, 3.8) is 0 Å². The summed E-state index contributed by atoms with van der Waals surface area (Å²) in [7, 11) is 0. The van der Waals surface area contributed by atoms with Crippen LogP contribution in [0, 0.1) is 6.92 Å². The highest BCUT2D eigenvalue weighted by atomic mass is 32.2. The minimum atomic E-state index is -0.965. The Hall–Kier alpha value is -3.62. The molecule has 0 aliphatic carbocycles. The zero-order valence-electron chi connectivity index (χ0n) is 19.3. The highest BCUT2D eigenvalue weighted by molar-refractivity contribution is 8.26. The summed E-state index contributed by atoms with van der Waals surface area (Å²) in [5.74, 6) is -0.0798. The van der Waals surface area contributed by atoms with Gasteiger partial charge in [0.05, 0.1) is 24.5 Å². The van der Waals surface area contributed by atoms with Crippen LogP contribution in [0.5, 0.6) is 0 Å². The van der Waals surface area contributed by atoms with Gasteiger partial charge in [0.25, 0.3) is 11.1 Å². The number of carbonyl (C=O) groups is 3. The number of nitrogens with zero attached hydrogens (tertiary/aromatic N) is 3. The molecule has 2 aliphatic heterocycles. The van der Waals surface area contributed by atoms with Crippen LogP contribution in [0.2, 0.25) is 0 Å². The summed E-state index contributed by atoms with van der Waals surface area (Å²) in [6.07, 6.45) is -0.965. The number of fused-ring (bicyclic) bond motifs is 1. The molecule has 2 aliphatic rings. The molecule has 1 unspecified atom stereocenters. The van der Waals surface area contributed by atoms with Gasteiger partial charge in [0, 0.05) is 30.5 Å². The minimum absolute atomic E-state index is 0.0798. The molecule has 5 rings (SSSR count). The smallest absolute Gasteiger partial charge is 0.292 e. The summed E-state index contributed by atoms with van der Waals surface area (Å²) in [4.78, 5) is 43.4. The van der Waals surface area contributed by atoms with Crippen LogP contribution in [-0.4, -0.2) is 52.1 Å². The lowest BCUT2D eigenvalue weighted by Crippen LogP contribution is -2.47. The van der Waals surface area contributed by atoms with E-state index in [4.69, 9.17) is 4.74 Å². The van der Waals surface area contributed by atoms with E-state index in [0.29, 0.717) is 30.5 Å². The van der Waals surface area contributed by atoms with E-state index in [1.807, 2.05) is 85.8 Å². The molecule has 35 heavy (non-hydrogen) atoms. The van der Waals surface area contributed by atoms with Crippen molar-refractivity contribution in [2.45, 2.75) is 19.7 Å². The van der Waals surface area contributed by atoms with E-state index in [1.54, 1.807) is 4.90 Å². The van der Waals surface area contributed by atoms with Gasteiger partial charge >= 0.3 is 0 Å². The van der Waals surface area contributed by atoms with Gasteiger partial charge in [-0.1, -0.05) is 60.2 Å². The number of rotatable bonds is 7. The number of thioether (sulfide) groups is 1. The number of benzene rings is 3. The van der Waals surface area contributed by atoms with Crippen LogP contribution in [-0.2, 0) is 16.1 Å². The molecule has 8 heteroatoms. The van der Waals surface area contributed by atoms with Crippen LogP contribution in [0.4, 0.5) is 16.2 Å². The highest BCUT2D eigenvalue weighted by Gasteiger charge is 2.41. The lowest BCUT2D eigenvalue weighted by atomic mass is 10.0. The number of amides is 2. The third kappa shape index (κ3) is 4.80. The first kappa shape index (κ1) is 23.1. The Morgan fingerprint density at radius 3 is 2.40 bits per heavy atom. The maximum absolute atomic E-state index is 13.3. The summed E-state index contributed by atoms with van der Waals surface area (Å²) in [6, 6.07) is 25.3. The largest absolute Gasteiger partial charge is 0.348 e. The van der Waals surface area contributed by atoms with Gasteiger partial charge in [-0.3, -0.25) is 19.3 Å². The number of carbonyl (C=O) groups excluding carboxylic acids is 3. The van der Waals surface area contributed by atoms with Crippen LogP contribution in [0.25, 0.3) is 0 Å². The predicted octanol–water partition coefficient (Wildman–Crippen LogP) is 4.78. The van der Waals surface area contributed by atoms with E-state index in [-0.39, 0.29) is 29.4 Å². The molecule has 7 nitrogen and oxygen atoms in total. The molecule has 0 aromatic heterocycles. The van der Waals surface area contributed by atoms with Crippen molar-refractivity contribution in [1.29, 1.82) is 0 Å². The Balaban J connectivity index is 1.30. The molecule has 0 bridgehead atoms. The molecule has 0 N–H and O–H groups in total. The van der Waals surface area contributed by atoms with Gasteiger partial charge in [-0.05, 0) is 36.8 Å². The number of para-hydroxylation sites is 1. The zero-order chi connectivity index (χ0) is 24.4. The fourth-order valence-electron chi connectivity index (χ4n) is 4.32. The molecular weight excluding hydrogens is 462 g/mol. The molecule has 3 aromatic rings. The Morgan fingerprint density at radius 2 is 1.66 bits per heavy atom. The Bertz CT molecular complexity index is 1250. The highest BCUT2D eigenvalue weighted by Crippen LogP contribution is 2.34. The van der Waals surface area contributed by atoms with Crippen molar-refractivity contribution in [2.75, 3.05) is 24.7 Å². The summed E-state index contributed by atoms with van der Waals surface area (Å²) in [5, 5.41) is -0.652. The van der Waals surface area contributed by atoms with Crippen molar-refractivity contribution >= 4 is 39.4 Å². The van der Waals surface area contributed by atoms with E-state index in [0.717, 1.165) is 22.5 Å². The molecule has 3 aromatic carbocycles.